The van der Waals surface area contributed by atoms with Crippen molar-refractivity contribution >= 4 is 40.9 Å². The summed E-state index contributed by atoms with van der Waals surface area (Å²) in [5, 5.41) is 6.74. The van der Waals surface area contributed by atoms with Gasteiger partial charge >= 0.3 is 12.7 Å². The number of alkyl halides is 2. The first-order chi connectivity index (χ1) is 19.2. The molecular formula is C28H34ClF2N5O5. The number of hydrogen-bond acceptors (Lipinski definition) is 7. The molecule has 222 valence electrons. The number of anilines is 2. The molecule has 2 fully saturated rings. The number of rotatable bonds is 6. The lowest BCUT2D eigenvalue weighted by Gasteiger charge is -2.46. The summed E-state index contributed by atoms with van der Waals surface area (Å²) in [6.45, 7) is 6.46. The summed E-state index contributed by atoms with van der Waals surface area (Å²) in [4.78, 5) is 36.1. The molecule has 0 radical (unpaired) electrons. The maximum absolute atomic E-state index is 13.7. The lowest BCUT2D eigenvalue weighted by molar-refractivity contribution is -0.134. The Morgan fingerprint density at radius 2 is 2.07 bits per heavy atom. The van der Waals surface area contributed by atoms with Crippen LogP contribution < -0.4 is 15.4 Å². The number of guanidine groups is 1. The molecule has 2 saturated heterocycles. The van der Waals surface area contributed by atoms with E-state index in [1.807, 2.05) is 13.8 Å². The van der Waals surface area contributed by atoms with Gasteiger partial charge < -0.3 is 24.8 Å². The summed E-state index contributed by atoms with van der Waals surface area (Å²) >= 11 is 6.85. The maximum atomic E-state index is 13.7. The topological polar surface area (TPSA) is 114 Å². The van der Waals surface area contributed by atoms with Gasteiger partial charge in [-0.25, -0.2) is 9.78 Å². The van der Waals surface area contributed by atoms with Crippen LogP contribution >= 0.6 is 11.6 Å². The summed E-state index contributed by atoms with van der Waals surface area (Å²) < 4.78 is 40.3. The fourth-order valence-electron chi connectivity index (χ4n) is 4.88. The Labute approximate surface area is 242 Å². The lowest BCUT2D eigenvalue weighted by Crippen LogP contribution is -2.63. The van der Waals surface area contributed by atoms with E-state index in [-0.39, 0.29) is 36.3 Å². The molecule has 2 amide bonds. The van der Waals surface area contributed by atoms with Gasteiger partial charge in [-0.2, -0.15) is 8.78 Å². The molecule has 0 spiro atoms. The third kappa shape index (κ3) is 7.62. The van der Waals surface area contributed by atoms with Crippen molar-refractivity contribution in [3.8, 4) is 5.88 Å². The molecule has 0 bridgehead atoms. The number of amides is 2. The van der Waals surface area contributed by atoms with Crippen LogP contribution in [0.15, 0.2) is 41.5 Å². The first-order valence-electron chi connectivity index (χ1n) is 13.2. The molecule has 2 N–H and O–H groups in total. The van der Waals surface area contributed by atoms with Crippen LogP contribution in [0.1, 0.15) is 59.4 Å². The average molecular weight is 594 g/mol. The molecule has 1 aromatic heterocycles. The average Bonchev–Trinajstić information content (AvgIpc) is 2.84. The third-order valence-electron chi connectivity index (χ3n) is 6.62. The zero-order valence-electron chi connectivity index (χ0n) is 23.5. The quantitative estimate of drug-likeness (QED) is 0.421. The van der Waals surface area contributed by atoms with Crippen molar-refractivity contribution in [1.82, 2.24) is 15.2 Å². The largest absolute Gasteiger partial charge is 0.442 e. The van der Waals surface area contributed by atoms with Crippen LogP contribution in [0.3, 0.4) is 0 Å². The Hall–Kier alpha value is -3.51. The highest BCUT2D eigenvalue weighted by Gasteiger charge is 2.45. The van der Waals surface area contributed by atoms with Gasteiger partial charge in [-0.15, -0.1) is 4.99 Å². The zero-order valence-corrected chi connectivity index (χ0v) is 24.3. The van der Waals surface area contributed by atoms with Crippen molar-refractivity contribution in [2.24, 2.45) is 4.99 Å². The Bertz CT molecular complexity index is 1300. The molecule has 3 heterocycles. The molecule has 4 rings (SSSR count). The van der Waals surface area contributed by atoms with E-state index in [0.29, 0.717) is 41.4 Å². The molecule has 1 aromatic carbocycles. The van der Waals surface area contributed by atoms with Gasteiger partial charge in [0.15, 0.2) is 0 Å². The van der Waals surface area contributed by atoms with Crippen LogP contribution in [0.2, 0.25) is 5.02 Å². The Morgan fingerprint density at radius 1 is 1.32 bits per heavy atom. The van der Waals surface area contributed by atoms with Crippen LogP contribution in [0.5, 0.6) is 5.88 Å². The van der Waals surface area contributed by atoms with E-state index < -0.39 is 23.8 Å². The molecule has 2 aliphatic rings. The molecule has 2 aliphatic heterocycles. The molecule has 3 atom stereocenters. The Kier molecular flexibility index (Phi) is 9.03. The Balaban J connectivity index is 1.64. The second-order valence-electron chi connectivity index (χ2n) is 11.2. The van der Waals surface area contributed by atoms with Gasteiger partial charge in [-0.05, 0) is 65.2 Å². The van der Waals surface area contributed by atoms with Gasteiger partial charge in [0, 0.05) is 18.7 Å². The SMILES string of the molecule is C[C@H]1C[C@H](N2C(=O)C[C@@](C)(c3cccc(Nc4ccc(OC(F)F)nc4)c3Cl)N/C2=N\C(=O)OC(C)(C)C)CCO1. The number of aromatic nitrogens is 1. The van der Waals surface area contributed by atoms with Crippen LogP contribution in [0, 0.1) is 0 Å². The predicted molar refractivity (Wildman–Crippen MR) is 150 cm³/mol. The highest BCUT2D eigenvalue weighted by molar-refractivity contribution is 6.34. The highest BCUT2D eigenvalue weighted by atomic mass is 35.5. The number of benzene rings is 1. The standard InChI is InChI=1S/C28H34ClF2N5O5/c1-16-13-18(11-12-39-16)36-22(37)14-28(5,35-25(36)34-26(38)41-27(2,3)4)19-7-6-8-20(23(19)29)33-17-9-10-21(32-15-17)40-24(30)31/h6-10,15-16,18,24,33H,11-14H2,1-5H3,(H,34,35,38)/t16-,18+,28-/m0/s1. The molecule has 0 aliphatic carbocycles. The smallest absolute Gasteiger partial charge is 0.437 e. The number of nitrogens with zero attached hydrogens (tertiary/aromatic N) is 3. The van der Waals surface area contributed by atoms with E-state index in [1.165, 1.54) is 23.2 Å². The number of halogens is 3. The minimum atomic E-state index is -2.98. The van der Waals surface area contributed by atoms with Gasteiger partial charge in [0.2, 0.25) is 17.7 Å². The van der Waals surface area contributed by atoms with Crippen molar-refractivity contribution in [2.45, 2.75) is 83.8 Å². The van der Waals surface area contributed by atoms with Crippen LogP contribution in [-0.2, 0) is 19.8 Å². The van der Waals surface area contributed by atoms with Gasteiger partial charge in [-0.1, -0.05) is 23.7 Å². The van der Waals surface area contributed by atoms with Gasteiger partial charge in [0.25, 0.3) is 0 Å². The fourth-order valence-corrected chi connectivity index (χ4v) is 5.27. The van der Waals surface area contributed by atoms with Crippen molar-refractivity contribution in [3.63, 3.8) is 0 Å². The maximum Gasteiger partial charge on any atom is 0.437 e. The first-order valence-corrected chi connectivity index (χ1v) is 13.6. The molecule has 0 unspecified atom stereocenters. The van der Waals surface area contributed by atoms with E-state index >= 15 is 0 Å². The normalized spacial score (nSPS) is 24.3. The monoisotopic (exact) mass is 593 g/mol. The highest BCUT2D eigenvalue weighted by Crippen LogP contribution is 2.39. The summed E-state index contributed by atoms with van der Waals surface area (Å²) in [7, 11) is 0. The van der Waals surface area contributed by atoms with Crippen molar-refractivity contribution < 1.29 is 32.6 Å². The molecular weight excluding hydrogens is 560 g/mol. The molecule has 13 heteroatoms. The van der Waals surface area contributed by atoms with Gasteiger partial charge in [0.05, 0.1) is 40.7 Å². The second kappa shape index (κ2) is 12.2. The van der Waals surface area contributed by atoms with Gasteiger partial charge in [0.1, 0.15) is 5.60 Å². The Morgan fingerprint density at radius 3 is 2.71 bits per heavy atom. The van der Waals surface area contributed by atoms with Gasteiger partial charge in [-0.3, -0.25) is 9.69 Å². The number of carbonyl (C=O) groups is 2. The van der Waals surface area contributed by atoms with E-state index in [0.717, 1.165) is 0 Å². The van der Waals surface area contributed by atoms with Crippen molar-refractivity contribution in [1.29, 1.82) is 0 Å². The molecule has 41 heavy (non-hydrogen) atoms. The molecule has 10 nitrogen and oxygen atoms in total. The van der Waals surface area contributed by atoms with E-state index in [4.69, 9.17) is 21.1 Å². The fraction of sp³-hybridized carbons (Fsp3) is 0.500. The molecule has 2 aromatic rings. The third-order valence-corrected chi connectivity index (χ3v) is 7.03. The minimum absolute atomic E-state index is 0.0382. The second-order valence-corrected chi connectivity index (χ2v) is 11.6. The van der Waals surface area contributed by atoms with Crippen LogP contribution in [0.25, 0.3) is 0 Å². The number of pyridine rings is 1. The zero-order chi connectivity index (χ0) is 29.9. The summed E-state index contributed by atoms with van der Waals surface area (Å²) in [6.07, 6.45) is 1.68. The van der Waals surface area contributed by atoms with Crippen molar-refractivity contribution in [2.75, 3.05) is 11.9 Å². The number of hydrogen-bond donors (Lipinski definition) is 2. The minimum Gasteiger partial charge on any atom is -0.442 e. The van der Waals surface area contributed by atoms with E-state index in [9.17, 15) is 18.4 Å². The summed E-state index contributed by atoms with van der Waals surface area (Å²) in [5.41, 5.74) is -0.248. The lowest BCUT2D eigenvalue weighted by atomic mass is 9.85. The number of carbonyl (C=O) groups excluding carboxylic acids is 2. The van der Waals surface area contributed by atoms with E-state index in [1.54, 1.807) is 39.0 Å². The van der Waals surface area contributed by atoms with Crippen LogP contribution in [0.4, 0.5) is 25.0 Å². The number of nitrogens with one attached hydrogen (secondary N) is 2. The number of ether oxygens (including phenoxy) is 3. The molecule has 0 saturated carbocycles. The summed E-state index contributed by atoms with van der Waals surface area (Å²) in [5.74, 6) is -0.352. The van der Waals surface area contributed by atoms with E-state index in [2.05, 4.69) is 25.3 Å². The summed E-state index contributed by atoms with van der Waals surface area (Å²) in [6, 6.07) is 7.89. The van der Waals surface area contributed by atoms with Crippen LogP contribution in [-0.4, -0.2) is 58.8 Å². The predicted octanol–water partition coefficient (Wildman–Crippen LogP) is 5.98. The van der Waals surface area contributed by atoms with Crippen molar-refractivity contribution in [3.05, 3.63) is 47.1 Å². The number of aliphatic imine (C=N–C) groups is 1. The first kappa shape index (κ1) is 30.4.